The molecule has 6 nitrogen and oxygen atoms in total. The van der Waals surface area contributed by atoms with Crippen molar-refractivity contribution in [1.82, 2.24) is 5.43 Å². The van der Waals surface area contributed by atoms with Crippen molar-refractivity contribution in [3.05, 3.63) is 52.5 Å². The van der Waals surface area contributed by atoms with Crippen molar-refractivity contribution in [2.75, 3.05) is 25.6 Å². The fraction of sp³-hybridized carbons (Fsp3) is 0.263. The smallest absolute Gasteiger partial charge is 0.259 e. The zero-order chi connectivity index (χ0) is 18.8. The highest BCUT2D eigenvalue weighted by Crippen LogP contribution is 2.22. The summed E-state index contributed by atoms with van der Waals surface area (Å²) in [5.41, 5.74) is 4.08. The van der Waals surface area contributed by atoms with Gasteiger partial charge in [-0.25, -0.2) is 5.43 Å². The van der Waals surface area contributed by atoms with Gasteiger partial charge in [0.15, 0.2) is 0 Å². The molecule has 2 aromatic carbocycles. The van der Waals surface area contributed by atoms with Gasteiger partial charge >= 0.3 is 0 Å². The number of anilines is 1. The second kappa shape index (κ2) is 10.5. The summed E-state index contributed by atoms with van der Waals surface area (Å²) < 4.78 is 11.7. The molecule has 2 N–H and O–H groups in total. The minimum atomic E-state index is -0.255. The third-order valence-corrected chi connectivity index (χ3v) is 3.84. The van der Waals surface area contributed by atoms with Gasteiger partial charge in [-0.05, 0) is 36.8 Å². The fourth-order valence-electron chi connectivity index (χ4n) is 2.09. The molecule has 138 valence electrons. The highest BCUT2D eigenvalue weighted by molar-refractivity contribution is 9.10. The van der Waals surface area contributed by atoms with Crippen molar-refractivity contribution in [2.45, 2.75) is 13.3 Å². The number of benzene rings is 2. The molecule has 2 rings (SSSR count). The van der Waals surface area contributed by atoms with Crippen LogP contribution in [0.2, 0.25) is 0 Å². The van der Waals surface area contributed by atoms with Crippen molar-refractivity contribution >= 4 is 33.7 Å². The Labute approximate surface area is 161 Å². The Kier molecular flexibility index (Phi) is 7.95. The molecule has 0 aliphatic heterocycles. The molecule has 0 saturated heterocycles. The third-order valence-electron chi connectivity index (χ3n) is 3.35. The van der Waals surface area contributed by atoms with E-state index in [0.29, 0.717) is 6.61 Å². The van der Waals surface area contributed by atoms with Crippen molar-refractivity contribution in [3.63, 3.8) is 0 Å². The fourth-order valence-corrected chi connectivity index (χ4v) is 2.47. The zero-order valence-electron chi connectivity index (χ0n) is 14.8. The molecule has 0 heterocycles. The van der Waals surface area contributed by atoms with Crippen LogP contribution in [-0.4, -0.2) is 32.4 Å². The summed E-state index contributed by atoms with van der Waals surface area (Å²) in [6, 6.07) is 13.0. The molecule has 7 heteroatoms. The van der Waals surface area contributed by atoms with E-state index in [1.54, 1.807) is 13.3 Å². The molecule has 0 aliphatic carbocycles. The number of halogens is 1. The van der Waals surface area contributed by atoms with E-state index in [0.717, 1.165) is 33.6 Å². The predicted octanol–water partition coefficient (Wildman–Crippen LogP) is 3.81. The van der Waals surface area contributed by atoms with E-state index in [1.165, 1.54) is 0 Å². The standard InChI is InChI=1S/C19H22BrN3O3/c1-3-9-26-18-8-7-15(20)10-14(18)12-22-23-19(24)13-21-16-5-4-6-17(11-16)25-2/h4-8,10-12,21H,3,9,13H2,1-2H3,(H,23,24)/b22-12-. The van der Waals surface area contributed by atoms with E-state index in [2.05, 4.69) is 31.8 Å². The average Bonchev–Trinajstić information content (AvgIpc) is 2.66. The van der Waals surface area contributed by atoms with Crippen LogP contribution < -0.4 is 20.2 Å². The Bertz CT molecular complexity index is 765. The quantitative estimate of drug-likeness (QED) is 0.478. The Balaban J connectivity index is 1.89. The molecular weight excluding hydrogens is 398 g/mol. The third kappa shape index (κ3) is 6.40. The van der Waals surface area contributed by atoms with Gasteiger partial charge < -0.3 is 14.8 Å². The van der Waals surface area contributed by atoms with Gasteiger partial charge in [0.2, 0.25) is 0 Å². The first-order chi connectivity index (χ1) is 12.6. The lowest BCUT2D eigenvalue weighted by Gasteiger charge is -2.09. The summed E-state index contributed by atoms with van der Waals surface area (Å²) in [5, 5.41) is 7.03. The van der Waals surface area contributed by atoms with Crippen LogP contribution in [0.4, 0.5) is 5.69 Å². The van der Waals surface area contributed by atoms with Crippen molar-refractivity contribution < 1.29 is 14.3 Å². The molecule has 0 fully saturated rings. The van der Waals surface area contributed by atoms with Gasteiger partial charge in [0.1, 0.15) is 11.5 Å². The number of hydrazone groups is 1. The number of ether oxygens (including phenoxy) is 2. The lowest BCUT2D eigenvalue weighted by molar-refractivity contribution is -0.119. The van der Waals surface area contributed by atoms with Gasteiger partial charge in [-0.3, -0.25) is 4.79 Å². The van der Waals surface area contributed by atoms with Crippen LogP contribution in [0.5, 0.6) is 11.5 Å². The van der Waals surface area contributed by atoms with Crippen molar-refractivity contribution in [3.8, 4) is 11.5 Å². The SMILES string of the molecule is CCCOc1ccc(Br)cc1/C=N\NC(=O)CNc1cccc(OC)c1. The molecule has 0 bridgehead atoms. The molecule has 0 atom stereocenters. The first-order valence-electron chi connectivity index (χ1n) is 8.24. The highest BCUT2D eigenvalue weighted by Gasteiger charge is 2.04. The molecule has 0 unspecified atom stereocenters. The highest BCUT2D eigenvalue weighted by atomic mass is 79.9. The second-order valence-electron chi connectivity index (χ2n) is 5.41. The zero-order valence-corrected chi connectivity index (χ0v) is 16.4. The summed E-state index contributed by atoms with van der Waals surface area (Å²) in [4.78, 5) is 11.9. The molecule has 0 radical (unpaired) electrons. The summed E-state index contributed by atoms with van der Waals surface area (Å²) in [6.07, 6.45) is 2.48. The van der Waals surface area contributed by atoms with E-state index in [4.69, 9.17) is 9.47 Å². The van der Waals surface area contributed by atoms with E-state index < -0.39 is 0 Å². The maximum absolute atomic E-state index is 11.9. The molecule has 26 heavy (non-hydrogen) atoms. The summed E-state index contributed by atoms with van der Waals surface area (Å²) >= 11 is 3.42. The summed E-state index contributed by atoms with van der Waals surface area (Å²) in [7, 11) is 1.60. The molecule has 0 saturated carbocycles. The number of amides is 1. The minimum Gasteiger partial charge on any atom is -0.497 e. The normalized spacial score (nSPS) is 10.6. The number of nitrogens with zero attached hydrogens (tertiary/aromatic N) is 1. The lowest BCUT2D eigenvalue weighted by Crippen LogP contribution is -2.25. The van der Waals surface area contributed by atoms with E-state index >= 15 is 0 Å². The topological polar surface area (TPSA) is 72.0 Å². The molecule has 2 aromatic rings. The summed E-state index contributed by atoms with van der Waals surface area (Å²) in [5.74, 6) is 1.19. The number of methoxy groups -OCH3 is 1. The van der Waals surface area contributed by atoms with Crippen LogP contribution in [0.1, 0.15) is 18.9 Å². The van der Waals surface area contributed by atoms with Crippen LogP contribution in [0, 0.1) is 0 Å². The van der Waals surface area contributed by atoms with Gasteiger partial charge in [0.25, 0.3) is 5.91 Å². The average molecular weight is 420 g/mol. The molecule has 0 aromatic heterocycles. The monoisotopic (exact) mass is 419 g/mol. The molecule has 0 spiro atoms. The minimum absolute atomic E-state index is 0.0994. The summed E-state index contributed by atoms with van der Waals surface area (Å²) in [6.45, 7) is 2.77. The van der Waals surface area contributed by atoms with E-state index in [-0.39, 0.29) is 12.5 Å². The Morgan fingerprint density at radius 2 is 2.12 bits per heavy atom. The predicted molar refractivity (Wildman–Crippen MR) is 107 cm³/mol. The molecule has 1 amide bonds. The van der Waals surface area contributed by atoms with Crippen LogP contribution in [0.3, 0.4) is 0 Å². The lowest BCUT2D eigenvalue weighted by atomic mass is 10.2. The van der Waals surface area contributed by atoms with Gasteiger partial charge in [-0.2, -0.15) is 5.10 Å². The largest absolute Gasteiger partial charge is 0.497 e. The van der Waals surface area contributed by atoms with Crippen LogP contribution in [-0.2, 0) is 4.79 Å². The van der Waals surface area contributed by atoms with Crippen LogP contribution >= 0.6 is 15.9 Å². The Morgan fingerprint density at radius 1 is 1.27 bits per heavy atom. The van der Waals surface area contributed by atoms with Gasteiger partial charge in [-0.1, -0.05) is 28.9 Å². The first kappa shape index (κ1) is 19.8. The number of nitrogens with one attached hydrogen (secondary N) is 2. The molecule has 0 aliphatic rings. The first-order valence-corrected chi connectivity index (χ1v) is 9.04. The van der Waals surface area contributed by atoms with E-state index in [9.17, 15) is 4.79 Å². The van der Waals surface area contributed by atoms with Gasteiger partial charge in [0, 0.05) is 21.8 Å². The number of carbonyl (C=O) groups is 1. The maximum Gasteiger partial charge on any atom is 0.259 e. The van der Waals surface area contributed by atoms with Gasteiger partial charge in [-0.15, -0.1) is 0 Å². The number of hydrogen-bond donors (Lipinski definition) is 2. The van der Waals surface area contributed by atoms with Crippen LogP contribution in [0.25, 0.3) is 0 Å². The number of rotatable bonds is 9. The number of carbonyl (C=O) groups excluding carboxylic acids is 1. The Morgan fingerprint density at radius 3 is 2.88 bits per heavy atom. The maximum atomic E-state index is 11.9. The number of hydrogen-bond acceptors (Lipinski definition) is 5. The van der Waals surface area contributed by atoms with Gasteiger partial charge in [0.05, 0.1) is 26.5 Å². The van der Waals surface area contributed by atoms with E-state index in [1.807, 2.05) is 49.4 Å². The van der Waals surface area contributed by atoms with Crippen molar-refractivity contribution in [1.29, 1.82) is 0 Å². The van der Waals surface area contributed by atoms with Crippen LogP contribution in [0.15, 0.2) is 52.0 Å². The van der Waals surface area contributed by atoms with Crippen molar-refractivity contribution in [2.24, 2.45) is 5.10 Å². The second-order valence-corrected chi connectivity index (χ2v) is 6.32. The molecular formula is C19H22BrN3O3. The Hall–Kier alpha value is -2.54.